The number of hydrogen-bond donors (Lipinski definition) is 1. The first kappa shape index (κ1) is 22.6. The molecule has 0 saturated heterocycles. The molecule has 31 heavy (non-hydrogen) atoms. The number of carbonyl (C=O) groups excluding carboxylic acids is 1. The maximum atomic E-state index is 13.3. The van der Waals surface area contributed by atoms with Gasteiger partial charge in [-0.2, -0.15) is 13.2 Å². The summed E-state index contributed by atoms with van der Waals surface area (Å²) < 4.78 is 69.3. The number of esters is 1. The predicted octanol–water partition coefficient (Wildman–Crippen LogP) is 3.06. The molecule has 0 aromatic carbocycles. The van der Waals surface area contributed by atoms with Gasteiger partial charge < -0.3 is 9.72 Å². The zero-order valence-corrected chi connectivity index (χ0v) is 17.4. The number of aromatic nitrogens is 3. The third kappa shape index (κ3) is 4.99. The minimum Gasteiger partial charge on any atom is -0.462 e. The average molecular weight is 473 g/mol. The van der Waals surface area contributed by atoms with Gasteiger partial charge in [-0.3, -0.25) is 4.79 Å². The Bertz CT molecular complexity index is 1270. The minimum atomic E-state index is -5.00. The molecule has 164 valence electrons. The highest BCUT2D eigenvalue weighted by molar-refractivity contribution is 7.90. The number of hydrogen-bond acceptors (Lipinski definition) is 8. The van der Waals surface area contributed by atoms with Gasteiger partial charge >= 0.3 is 12.1 Å². The molecule has 0 atom stereocenters. The topological polar surface area (TPSA) is 119 Å². The van der Waals surface area contributed by atoms with Crippen LogP contribution in [0.2, 0.25) is 0 Å². The molecular weight excluding hydrogens is 459 g/mol. The fourth-order valence-electron chi connectivity index (χ4n) is 2.58. The van der Waals surface area contributed by atoms with Gasteiger partial charge in [-0.05, 0) is 25.1 Å². The standard InChI is InChI=1S/C18H14F3N3O5S2/c1-2-29-17(26)11-7-10(16(25)24-15(11)18(19,20)21)12-8-30-13(23-12)9-31(27,28)14-5-3-4-6-22-14/h3-8H,2,9H2,1H3,(H,24,25). The van der Waals surface area contributed by atoms with Crippen molar-refractivity contribution in [3.05, 3.63) is 62.5 Å². The Morgan fingerprint density at radius 2 is 2.03 bits per heavy atom. The van der Waals surface area contributed by atoms with E-state index in [1.807, 2.05) is 0 Å². The number of sulfone groups is 1. The Hall–Kier alpha value is -3.06. The Morgan fingerprint density at radius 3 is 2.65 bits per heavy atom. The van der Waals surface area contributed by atoms with Gasteiger partial charge in [-0.1, -0.05) is 6.07 Å². The van der Waals surface area contributed by atoms with Crippen molar-refractivity contribution < 1.29 is 31.1 Å². The largest absolute Gasteiger partial charge is 0.462 e. The van der Waals surface area contributed by atoms with Crippen molar-refractivity contribution in [1.82, 2.24) is 15.0 Å². The number of halogens is 3. The summed E-state index contributed by atoms with van der Waals surface area (Å²) >= 11 is 0.900. The average Bonchev–Trinajstić information content (AvgIpc) is 3.15. The van der Waals surface area contributed by atoms with Crippen LogP contribution in [-0.2, 0) is 26.5 Å². The molecule has 0 aliphatic heterocycles. The number of alkyl halides is 3. The third-order valence-corrected chi connectivity index (χ3v) is 6.48. The van der Waals surface area contributed by atoms with E-state index in [0.717, 1.165) is 17.4 Å². The van der Waals surface area contributed by atoms with Gasteiger partial charge in [-0.15, -0.1) is 11.3 Å². The van der Waals surface area contributed by atoms with E-state index in [2.05, 4.69) is 14.7 Å². The van der Waals surface area contributed by atoms with E-state index in [9.17, 15) is 31.2 Å². The van der Waals surface area contributed by atoms with Crippen molar-refractivity contribution in [1.29, 1.82) is 0 Å². The van der Waals surface area contributed by atoms with Crippen LogP contribution in [0.25, 0.3) is 11.3 Å². The van der Waals surface area contributed by atoms with E-state index in [1.54, 1.807) is 11.1 Å². The first-order valence-electron chi connectivity index (χ1n) is 8.63. The molecule has 3 heterocycles. The Labute approximate surface area is 177 Å². The number of aromatic amines is 1. The van der Waals surface area contributed by atoms with Gasteiger partial charge in [0.05, 0.1) is 23.4 Å². The molecule has 0 aliphatic carbocycles. The second-order valence-corrected chi connectivity index (χ2v) is 8.95. The van der Waals surface area contributed by atoms with E-state index in [1.165, 1.54) is 30.6 Å². The third-order valence-electron chi connectivity index (χ3n) is 3.92. The predicted molar refractivity (Wildman–Crippen MR) is 104 cm³/mol. The van der Waals surface area contributed by atoms with Gasteiger partial charge in [0.1, 0.15) is 16.5 Å². The fraction of sp³-hybridized carbons (Fsp3) is 0.222. The molecule has 0 saturated carbocycles. The second kappa shape index (κ2) is 8.59. The van der Waals surface area contributed by atoms with Crippen LogP contribution < -0.4 is 5.56 Å². The van der Waals surface area contributed by atoms with E-state index >= 15 is 0 Å². The highest BCUT2D eigenvalue weighted by Gasteiger charge is 2.38. The monoisotopic (exact) mass is 473 g/mol. The van der Waals surface area contributed by atoms with E-state index < -0.39 is 44.6 Å². The fourth-order valence-corrected chi connectivity index (χ4v) is 4.94. The molecule has 3 aromatic heterocycles. The zero-order valence-electron chi connectivity index (χ0n) is 15.8. The number of rotatable bonds is 6. The van der Waals surface area contributed by atoms with Crippen LogP contribution in [0.1, 0.15) is 28.0 Å². The van der Waals surface area contributed by atoms with Crippen LogP contribution in [0.3, 0.4) is 0 Å². The highest BCUT2D eigenvalue weighted by atomic mass is 32.2. The van der Waals surface area contributed by atoms with E-state index in [0.29, 0.717) is 0 Å². The summed E-state index contributed by atoms with van der Waals surface area (Å²) in [7, 11) is -3.82. The number of ether oxygens (including phenoxy) is 1. The van der Waals surface area contributed by atoms with Crippen LogP contribution in [0.4, 0.5) is 13.2 Å². The summed E-state index contributed by atoms with van der Waals surface area (Å²) in [4.78, 5) is 33.8. The van der Waals surface area contributed by atoms with Gasteiger partial charge in [0, 0.05) is 11.6 Å². The molecule has 13 heteroatoms. The van der Waals surface area contributed by atoms with Crippen LogP contribution >= 0.6 is 11.3 Å². The molecule has 3 rings (SSSR count). The Morgan fingerprint density at radius 1 is 1.29 bits per heavy atom. The number of pyridine rings is 2. The van der Waals surface area contributed by atoms with Crippen molar-refractivity contribution in [2.24, 2.45) is 0 Å². The molecule has 0 unspecified atom stereocenters. The molecule has 0 radical (unpaired) electrons. The first-order valence-corrected chi connectivity index (χ1v) is 11.2. The van der Waals surface area contributed by atoms with Crippen molar-refractivity contribution in [3.8, 4) is 11.3 Å². The lowest BCUT2D eigenvalue weighted by atomic mass is 10.1. The molecule has 0 aliphatic rings. The number of nitrogens with one attached hydrogen (secondary N) is 1. The quantitative estimate of drug-likeness (QED) is 0.547. The van der Waals surface area contributed by atoms with E-state index in [4.69, 9.17) is 0 Å². The molecule has 3 aromatic rings. The molecule has 8 nitrogen and oxygen atoms in total. The van der Waals surface area contributed by atoms with Crippen molar-refractivity contribution in [2.45, 2.75) is 23.9 Å². The zero-order chi connectivity index (χ0) is 22.8. The maximum Gasteiger partial charge on any atom is 0.432 e. The normalized spacial score (nSPS) is 12.0. The lowest BCUT2D eigenvalue weighted by Crippen LogP contribution is -2.23. The second-order valence-electron chi connectivity index (χ2n) is 6.07. The van der Waals surface area contributed by atoms with Gasteiger partial charge in [0.15, 0.2) is 5.03 Å². The number of nitrogens with zero attached hydrogens (tertiary/aromatic N) is 2. The van der Waals surface area contributed by atoms with E-state index in [-0.39, 0.29) is 27.9 Å². The summed E-state index contributed by atoms with van der Waals surface area (Å²) in [6, 6.07) is 5.12. The summed E-state index contributed by atoms with van der Waals surface area (Å²) in [6.07, 6.45) is -3.68. The lowest BCUT2D eigenvalue weighted by molar-refractivity contribution is -0.141. The number of H-pyrrole nitrogens is 1. The van der Waals surface area contributed by atoms with Crippen molar-refractivity contribution in [3.63, 3.8) is 0 Å². The number of thiazole rings is 1. The summed E-state index contributed by atoms with van der Waals surface area (Å²) in [5, 5.41) is 1.25. The lowest BCUT2D eigenvalue weighted by Gasteiger charge is -2.12. The van der Waals surface area contributed by atoms with Crippen LogP contribution in [0, 0.1) is 0 Å². The summed E-state index contributed by atoms with van der Waals surface area (Å²) in [5.74, 6) is -1.78. The molecule has 0 spiro atoms. The minimum absolute atomic E-state index is 0.0725. The molecule has 0 amide bonds. The first-order chi connectivity index (χ1) is 14.5. The van der Waals surface area contributed by atoms with Crippen LogP contribution in [-0.4, -0.2) is 35.9 Å². The number of carbonyl (C=O) groups is 1. The van der Waals surface area contributed by atoms with Gasteiger partial charge in [-0.25, -0.2) is 23.2 Å². The molecule has 1 N–H and O–H groups in total. The molecular formula is C18H14F3N3O5S2. The molecule has 0 bridgehead atoms. The smallest absolute Gasteiger partial charge is 0.432 e. The van der Waals surface area contributed by atoms with Crippen molar-refractivity contribution in [2.75, 3.05) is 6.61 Å². The van der Waals surface area contributed by atoms with Crippen LogP contribution in [0.15, 0.2) is 45.7 Å². The molecule has 0 fully saturated rings. The highest BCUT2D eigenvalue weighted by Crippen LogP contribution is 2.32. The van der Waals surface area contributed by atoms with Crippen LogP contribution in [0.5, 0.6) is 0 Å². The Kier molecular flexibility index (Phi) is 6.27. The summed E-state index contributed by atoms with van der Waals surface area (Å²) in [5.41, 5.74) is -3.94. The van der Waals surface area contributed by atoms with Gasteiger partial charge in [0.2, 0.25) is 9.84 Å². The SMILES string of the molecule is CCOC(=O)c1cc(-c2csc(CS(=O)(=O)c3ccccn3)n2)c(=O)[nH]c1C(F)(F)F. The summed E-state index contributed by atoms with van der Waals surface area (Å²) in [6.45, 7) is 1.25. The van der Waals surface area contributed by atoms with Gasteiger partial charge in [0.25, 0.3) is 5.56 Å². The Balaban J connectivity index is 2.01. The maximum absolute atomic E-state index is 13.3. The van der Waals surface area contributed by atoms with Crippen molar-refractivity contribution >= 4 is 27.1 Å².